The molecule has 1 atom stereocenters. The summed E-state index contributed by atoms with van der Waals surface area (Å²) >= 11 is 0. The lowest BCUT2D eigenvalue weighted by Gasteiger charge is -2.01. The Morgan fingerprint density at radius 3 is 1.88 bits per heavy atom. The van der Waals surface area contributed by atoms with E-state index in [-0.39, 0.29) is 5.92 Å². The molecule has 0 aromatic heterocycles. The van der Waals surface area contributed by atoms with E-state index in [1.807, 2.05) is 0 Å². The van der Waals surface area contributed by atoms with Gasteiger partial charge in [0.15, 0.2) is 5.78 Å². The summed E-state index contributed by atoms with van der Waals surface area (Å²) in [5.74, 6) is -1.01. The van der Waals surface area contributed by atoms with Crippen molar-refractivity contribution < 1.29 is 15.0 Å². The molecule has 3 heteroatoms. The highest BCUT2D eigenvalue weighted by molar-refractivity contribution is 5.82. The van der Waals surface area contributed by atoms with Crippen molar-refractivity contribution in [2.45, 2.75) is 20.1 Å². The number of rotatable bonds is 2. The van der Waals surface area contributed by atoms with E-state index in [1.54, 1.807) is 13.8 Å². The van der Waals surface area contributed by atoms with E-state index in [9.17, 15) is 9.90 Å². The van der Waals surface area contributed by atoms with Gasteiger partial charge < -0.3 is 5.11 Å². The second-order valence-corrected chi connectivity index (χ2v) is 1.91. The third-order valence-corrected chi connectivity index (χ3v) is 0.812. The molecule has 0 bridgehead atoms. The SMILES string of the molecule is CC(C)C(=O)C([O])O. The summed E-state index contributed by atoms with van der Waals surface area (Å²) in [5.41, 5.74) is 0. The molecule has 1 N–H and O–H groups in total. The standard InChI is InChI=1S/C5H9O3/c1-3(2)4(6)5(7)8/h3,5,7H,1-2H3. The van der Waals surface area contributed by atoms with Gasteiger partial charge in [0, 0.05) is 5.92 Å². The normalized spacial score (nSPS) is 10.8. The number of aliphatic hydroxyl groups excluding tert-OH is 1. The zero-order valence-electron chi connectivity index (χ0n) is 4.92. The molecule has 0 rings (SSSR count). The molecule has 0 aromatic carbocycles. The molecule has 0 amide bonds. The fourth-order valence-corrected chi connectivity index (χ4v) is 0.285. The lowest BCUT2D eigenvalue weighted by molar-refractivity contribution is -0.158. The smallest absolute Gasteiger partial charge is 0.248 e. The Morgan fingerprint density at radius 1 is 1.50 bits per heavy atom. The van der Waals surface area contributed by atoms with E-state index in [4.69, 9.17) is 5.11 Å². The molecule has 0 fully saturated rings. The van der Waals surface area contributed by atoms with Crippen LogP contribution in [-0.4, -0.2) is 17.2 Å². The van der Waals surface area contributed by atoms with Gasteiger partial charge in [0.1, 0.15) is 0 Å². The van der Waals surface area contributed by atoms with E-state index in [0.717, 1.165) is 0 Å². The number of carbonyl (C=O) groups is 1. The lowest BCUT2D eigenvalue weighted by Crippen LogP contribution is -2.22. The van der Waals surface area contributed by atoms with Gasteiger partial charge in [-0.05, 0) is 0 Å². The van der Waals surface area contributed by atoms with Crippen molar-refractivity contribution in [3.05, 3.63) is 0 Å². The first-order chi connectivity index (χ1) is 3.55. The Labute approximate surface area is 47.9 Å². The summed E-state index contributed by atoms with van der Waals surface area (Å²) in [4.78, 5) is 10.3. The fourth-order valence-electron chi connectivity index (χ4n) is 0.285. The van der Waals surface area contributed by atoms with E-state index >= 15 is 0 Å². The first-order valence-corrected chi connectivity index (χ1v) is 2.43. The van der Waals surface area contributed by atoms with Gasteiger partial charge in [-0.1, -0.05) is 13.8 Å². The number of aliphatic hydroxyl groups is 1. The maximum absolute atomic E-state index is 10.3. The largest absolute Gasteiger partial charge is 0.360 e. The predicted octanol–water partition coefficient (Wildman–Crippen LogP) is -0.0396. The molecule has 0 saturated heterocycles. The van der Waals surface area contributed by atoms with Gasteiger partial charge >= 0.3 is 0 Å². The predicted molar refractivity (Wildman–Crippen MR) is 26.5 cm³/mol. The molecule has 0 aliphatic carbocycles. The molecular weight excluding hydrogens is 108 g/mol. The monoisotopic (exact) mass is 117 g/mol. The van der Waals surface area contributed by atoms with E-state index in [1.165, 1.54) is 0 Å². The Balaban J connectivity index is 3.65. The third-order valence-electron chi connectivity index (χ3n) is 0.812. The summed E-state index contributed by atoms with van der Waals surface area (Å²) in [7, 11) is 0. The molecule has 8 heavy (non-hydrogen) atoms. The van der Waals surface area contributed by atoms with E-state index in [2.05, 4.69) is 0 Å². The molecule has 0 heterocycles. The maximum Gasteiger partial charge on any atom is 0.248 e. The Morgan fingerprint density at radius 2 is 1.88 bits per heavy atom. The molecule has 0 saturated carbocycles. The van der Waals surface area contributed by atoms with Gasteiger partial charge in [-0.15, -0.1) is 0 Å². The molecule has 1 radical (unpaired) electrons. The van der Waals surface area contributed by atoms with Gasteiger partial charge in [-0.2, -0.15) is 5.11 Å². The van der Waals surface area contributed by atoms with Crippen molar-refractivity contribution in [2.75, 3.05) is 0 Å². The zero-order valence-corrected chi connectivity index (χ0v) is 4.92. The van der Waals surface area contributed by atoms with E-state index < -0.39 is 12.1 Å². The van der Waals surface area contributed by atoms with Crippen LogP contribution in [0.1, 0.15) is 13.8 Å². The van der Waals surface area contributed by atoms with Crippen LogP contribution in [0.3, 0.4) is 0 Å². The van der Waals surface area contributed by atoms with Crippen LogP contribution in [0.2, 0.25) is 0 Å². The number of ketones is 1. The molecule has 0 aliphatic rings. The van der Waals surface area contributed by atoms with E-state index in [0.29, 0.717) is 0 Å². The summed E-state index contributed by atoms with van der Waals surface area (Å²) in [6.45, 7) is 3.15. The van der Waals surface area contributed by atoms with Gasteiger partial charge in [0.2, 0.25) is 6.29 Å². The molecule has 1 unspecified atom stereocenters. The number of hydrogen-bond acceptors (Lipinski definition) is 2. The highest BCUT2D eigenvalue weighted by atomic mass is 16.5. The van der Waals surface area contributed by atoms with Crippen molar-refractivity contribution in [1.29, 1.82) is 0 Å². The molecule has 0 aromatic rings. The van der Waals surface area contributed by atoms with Crippen LogP contribution in [0.25, 0.3) is 0 Å². The zero-order chi connectivity index (χ0) is 6.73. The average Bonchev–Trinajstić information content (AvgIpc) is 1.64. The molecule has 3 nitrogen and oxygen atoms in total. The van der Waals surface area contributed by atoms with Crippen LogP contribution in [-0.2, 0) is 9.90 Å². The molecule has 0 spiro atoms. The quantitative estimate of drug-likeness (QED) is 0.516. The van der Waals surface area contributed by atoms with Crippen LogP contribution in [0, 0.1) is 5.92 Å². The van der Waals surface area contributed by atoms with Crippen molar-refractivity contribution in [1.82, 2.24) is 0 Å². The van der Waals surface area contributed by atoms with Crippen molar-refractivity contribution >= 4 is 5.78 Å². The lowest BCUT2D eigenvalue weighted by atomic mass is 10.1. The second kappa shape index (κ2) is 2.79. The first-order valence-electron chi connectivity index (χ1n) is 2.43. The summed E-state index contributed by atoms with van der Waals surface area (Å²) in [6, 6.07) is 0. The molecular formula is C5H9O3. The number of Topliss-reactive ketones (excluding diaryl/α,β-unsaturated/α-hetero) is 1. The minimum Gasteiger partial charge on any atom is -0.360 e. The Kier molecular flexibility index (Phi) is 2.65. The topological polar surface area (TPSA) is 57.2 Å². The van der Waals surface area contributed by atoms with Crippen molar-refractivity contribution in [2.24, 2.45) is 5.92 Å². The number of hydrogen-bond donors (Lipinski definition) is 1. The van der Waals surface area contributed by atoms with Crippen molar-refractivity contribution in [3.63, 3.8) is 0 Å². The van der Waals surface area contributed by atoms with Crippen LogP contribution < -0.4 is 0 Å². The minimum atomic E-state index is -2.05. The second-order valence-electron chi connectivity index (χ2n) is 1.91. The highest BCUT2D eigenvalue weighted by Gasteiger charge is 2.15. The molecule has 47 valence electrons. The number of carbonyl (C=O) groups excluding carboxylic acids is 1. The Bertz CT molecular complexity index is 75.7. The van der Waals surface area contributed by atoms with Crippen LogP contribution in [0.15, 0.2) is 0 Å². The summed E-state index contributed by atoms with van der Waals surface area (Å²) in [6.07, 6.45) is -2.05. The van der Waals surface area contributed by atoms with Crippen LogP contribution in [0.4, 0.5) is 0 Å². The Hall–Kier alpha value is -0.410. The average molecular weight is 117 g/mol. The fraction of sp³-hybridized carbons (Fsp3) is 0.800. The third kappa shape index (κ3) is 2.04. The summed E-state index contributed by atoms with van der Waals surface area (Å²) in [5, 5.41) is 18.0. The minimum absolute atomic E-state index is 0.359. The van der Waals surface area contributed by atoms with Crippen molar-refractivity contribution in [3.8, 4) is 0 Å². The van der Waals surface area contributed by atoms with Crippen LogP contribution >= 0.6 is 0 Å². The maximum atomic E-state index is 10.3. The first kappa shape index (κ1) is 7.59. The van der Waals surface area contributed by atoms with Gasteiger partial charge in [-0.3, -0.25) is 4.79 Å². The van der Waals surface area contributed by atoms with Crippen LogP contribution in [0.5, 0.6) is 0 Å². The summed E-state index contributed by atoms with van der Waals surface area (Å²) < 4.78 is 0. The van der Waals surface area contributed by atoms with Gasteiger partial charge in [0.25, 0.3) is 0 Å². The molecule has 0 aliphatic heterocycles. The van der Waals surface area contributed by atoms with Gasteiger partial charge in [-0.25, -0.2) is 0 Å². The highest BCUT2D eigenvalue weighted by Crippen LogP contribution is 1.96. The van der Waals surface area contributed by atoms with Gasteiger partial charge in [0.05, 0.1) is 0 Å².